The summed E-state index contributed by atoms with van der Waals surface area (Å²) in [5.74, 6) is 0.899. The van der Waals surface area contributed by atoms with Crippen LogP contribution in [-0.2, 0) is 6.61 Å². The third kappa shape index (κ3) is 4.74. The highest BCUT2D eigenvalue weighted by molar-refractivity contribution is 6.30. The number of hydrogen-bond donors (Lipinski definition) is 1. The molecule has 0 amide bonds. The van der Waals surface area contributed by atoms with Crippen LogP contribution in [0.15, 0.2) is 78.9 Å². The predicted octanol–water partition coefficient (Wildman–Crippen LogP) is 4.91. The van der Waals surface area contributed by atoms with Gasteiger partial charge < -0.3 is 10.1 Å². The standard InChI is InChI=1S/C24H25ClN2O/c25-22-11-9-20(10-12-22)24(27-15-13-26-14-16-27)21-7-4-8-23(17-21)28-18-19-5-2-1-3-6-19/h1-12,17,24,26H,13-16,18H2. The highest BCUT2D eigenvalue weighted by Crippen LogP contribution is 2.32. The van der Waals surface area contributed by atoms with Crippen LogP contribution < -0.4 is 10.1 Å². The molecule has 0 saturated carbocycles. The molecule has 1 unspecified atom stereocenters. The molecule has 0 radical (unpaired) electrons. The summed E-state index contributed by atoms with van der Waals surface area (Å²) in [7, 11) is 0. The molecule has 0 aliphatic carbocycles. The largest absolute Gasteiger partial charge is 0.489 e. The monoisotopic (exact) mass is 392 g/mol. The lowest BCUT2D eigenvalue weighted by Crippen LogP contribution is -2.45. The molecule has 1 N–H and O–H groups in total. The summed E-state index contributed by atoms with van der Waals surface area (Å²) in [5, 5.41) is 4.21. The number of ether oxygens (including phenoxy) is 1. The fraction of sp³-hybridized carbons (Fsp3) is 0.250. The van der Waals surface area contributed by atoms with Crippen LogP contribution in [0.25, 0.3) is 0 Å². The molecule has 1 fully saturated rings. The molecule has 4 heteroatoms. The number of rotatable bonds is 6. The quantitative estimate of drug-likeness (QED) is 0.644. The van der Waals surface area contributed by atoms with Gasteiger partial charge in [0.15, 0.2) is 0 Å². The summed E-state index contributed by atoms with van der Waals surface area (Å²) < 4.78 is 6.07. The molecule has 1 aliphatic rings. The van der Waals surface area contributed by atoms with E-state index in [1.165, 1.54) is 16.7 Å². The molecule has 1 saturated heterocycles. The van der Waals surface area contributed by atoms with Gasteiger partial charge in [-0.05, 0) is 41.0 Å². The number of nitrogens with one attached hydrogen (secondary N) is 1. The molecule has 1 aliphatic heterocycles. The first kappa shape index (κ1) is 19.0. The second-order valence-corrected chi connectivity index (χ2v) is 7.52. The van der Waals surface area contributed by atoms with Gasteiger partial charge >= 0.3 is 0 Å². The summed E-state index contributed by atoms with van der Waals surface area (Å²) in [6.07, 6.45) is 0. The first-order valence-corrected chi connectivity index (χ1v) is 10.1. The Morgan fingerprint density at radius 2 is 1.61 bits per heavy atom. The van der Waals surface area contributed by atoms with Crippen molar-refractivity contribution in [3.05, 3.63) is 101 Å². The summed E-state index contributed by atoms with van der Waals surface area (Å²) in [6.45, 7) is 4.62. The summed E-state index contributed by atoms with van der Waals surface area (Å²) in [6, 6.07) is 27.1. The summed E-state index contributed by atoms with van der Waals surface area (Å²) in [5.41, 5.74) is 3.67. The van der Waals surface area contributed by atoms with Crippen LogP contribution in [0.1, 0.15) is 22.7 Å². The lowest BCUT2D eigenvalue weighted by molar-refractivity contribution is 0.198. The summed E-state index contributed by atoms with van der Waals surface area (Å²) in [4.78, 5) is 2.52. The zero-order valence-corrected chi connectivity index (χ0v) is 16.6. The van der Waals surface area contributed by atoms with Gasteiger partial charge in [-0.1, -0.05) is 66.2 Å². The number of hydrogen-bond acceptors (Lipinski definition) is 3. The van der Waals surface area contributed by atoms with Gasteiger partial charge in [0.1, 0.15) is 12.4 Å². The van der Waals surface area contributed by atoms with Crippen LogP contribution in [0.4, 0.5) is 0 Å². The van der Waals surface area contributed by atoms with Crippen LogP contribution in [0.3, 0.4) is 0 Å². The van der Waals surface area contributed by atoms with Crippen LogP contribution in [0, 0.1) is 0 Å². The Morgan fingerprint density at radius 3 is 2.36 bits per heavy atom. The van der Waals surface area contributed by atoms with Crippen molar-refractivity contribution in [1.82, 2.24) is 10.2 Å². The molecule has 144 valence electrons. The molecule has 0 aromatic heterocycles. The van der Waals surface area contributed by atoms with Crippen molar-refractivity contribution in [2.45, 2.75) is 12.6 Å². The lowest BCUT2D eigenvalue weighted by Gasteiger charge is -2.35. The zero-order valence-electron chi connectivity index (χ0n) is 15.9. The normalized spacial score (nSPS) is 15.9. The topological polar surface area (TPSA) is 24.5 Å². The molecule has 3 aromatic rings. The number of benzene rings is 3. The van der Waals surface area contributed by atoms with Crippen LogP contribution in [0.5, 0.6) is 5.75 Å². The van der Waals surface area contributed by atoms with Crippen molar-refractivity contribution >= 4 is 11.6 Å². The van der Waals surface area contributed by atoms with Gasteiger partial charge in [0.2, 0.25) is 0 Å². The van der Waals surface area contributed by atoms with E-state index in [0.717, 1.165) is 37.0 Å². The first-order chi connectivity index (χ1) is 13.8. The average molecular weight is 393 g/mol. The second-order valence-electron chi connectivity index (χ2n) is 7.09. The van der Waals surface area contributed by atoms with E-state index in [-0.39, 0.29) is 6.04 Å². The summed E-state index contributed by atoms with van der Waals surface area (Å²) >= 11 is 6.13. The van der Waals surface area contributed by atoms with Crippen LogP contribution in [0.2, 0.25) is 5.02 Å². The van der Waals surface area contributed by atoms with Crippen molar-refractivity contribution in [2.75, 3.05) is 26.2 Å². The van der Waals surface area contributed by atoms with E-state index in [4.69, 9.17) is 16.3 Å². The Hall–Kier alpha value is -2.33. The SMILES string of the molecule is Clc1ccc(C(c2cccc(OCc3ccccc3)c2)N2CCNCC2)cc1. The Morgan fingerprint density at radius 1 is 0.857 bits per heavy atom. The molecule has 0 bridgehead atoms. The maximum absolute atomic E-state index is 6.13. The highest BCUT2D eigenvalue weighted by Gasteiger charge is 2.24. The van der Waals surface area contributed by atoms with Crippen molar-refractivity contribution in [1.29, 1.82) is 0 Å². The van der Waals surface area contributed by atoms with E-state index in [1.807, 2.05) is 36.4 Å². The molecule has 1 heterocycles. The van der Waals surface area contributed by atoms with E-state index < -0.39 is 0 Å². The minimum absolute atomic E-state index is 0.194. The van der Waals surface area contributed by atoms with Crippen LogP contribution in [-0.4, -0.2) is 31.1 Å². The molecule has 4 rings (SSSR count). The van der Waals surface area contributed by atoms with E-state index >= 15 is 0 Å². The van der Waals surface area contributed by atoms with Gasteiger partial charge in [0.05, 0.1) is 6.04 Å². The fourth-order valence-corrected chi connectivity index (χ4v) is 3.84. The van der Waals surface area contributed by atoms with Crippen molar-refractivity contribution in [3.63, 3.8) is 0 Å². The predicted molar refractivity (Wildman–Crippen MR) is 115 cm³/mol. The van der Waals surface area contributed by atoms with Gasteiger partial charge in [0.25, 0.3) is 0 Å². The van der Waals surface area contributed by atoms with Crippen molar-refractivity contribution < 1.29 is 4.74 Å². The van der Waals surface area contributed by atoms with E-state index in [1.54, 1.807) is 0 Å². The zero-order chi connectivity index (χ0) is 19.2. The Balaban J connectivity index is 1.59. The molecular formula is C24H25ClN2O. The molecule has 0 spiro atoms. The number of piperazine rings is 1. The smallest absolute Gasteiger partial charge is 0.120 e. The maximum Gasteiger partial charge on any atom is 0.120 e. The fourth-order valence-electron chi connectivity index (χ4n) is 3.71. The van der Waals surface area contributed by atoms with Gasteiger partial charge in [-0.25, -0.2) is 0 Å². The Labute approximate surface area is 171 Å². The van der Waals surface area contributed by atoms with Gasteiger partial charge in [-0.3, -0.25) is 4.90 Å². The maximum atomic E-state index is 6.13. The minimum atomic E-state index is 0.194. The molecular weight excluding hydrogens is 368 g/mol. The molecule has 28 heavy (non-hydrogen) atoms. The molecule has 3 nitrogen and oxygen atoms in total. The number of nitrogens with zero attached hydrogens (tertiary/aromatic N) is 1. The lowest BCUT2D eigenvalue weighted by atomic mass is 9.96. The third-order valence-corrected chi connectivity index (χ3v) is 5.38. The average Bonchev–Trinajstić information content (AvgIpc) is 2.76. The van der Waals surface area contributed by atoms with E-state index in [0.29, 0.717) is 6.61 Å². The van der Waals surface area contributed by atoms with Crippen LogP contribution >= 0.6 is 11.6 Å². The van der Waals surface area contributed by atoms with Gasteiger partial charge in [-0.15, -0.1) is 0 Å². The minimum Gasteiger partial charge on any atom is -0.489 e. The Kier molecular flexibility index (Phi) is 6.27. The van der Waals surface area contributed by atoms with Crippen molar-refractivity contribution in [2.24, 2.45) is 0 Å². The van der Waals surface area contributed by atoms with Gasteiger partial charge in [-0.2, -0.15) is 0 Å². The van der Waals surface area contributed by atoms with E-state index in [2.05, 4.69) is 52.7 Å². The van der Waals surface area contributed by atoms with Crippen molar-refractivity contribution in [3.8, 4) is 5.75 Å². The molecule has 3 aromatic carbocycles. The first-order valence-electron chi connectivity index (χ1n) is 9.76. The Bertz CT molecular complexity index is 877. The highest BCUT2D eigenvalue weighted by atomic mass is 35.5. The number of halogens is 1. The third-order valence-electron chi connectivity index (χ3n) is 5.12. The van der Waals surface area contributed by atoms with Gasteiger partial charge in [0, 0.05) is 31.2 Å². The second kappa shape index (κ2) is 9.24. The van der Waals surface area contributed by atoms with E-state index in [9.17, 15) is 0 Å². The molecule has 1 atom stereocenters.